The van der Waals surface area contributed by atoms with Gasteiger partial charge in [0.25, 0.3) is 5.91 Å². The van der Waals surface area contributed by atoms with Gasteiger partial charge < -0.3 is 15.5 Å². The van der Waals surface area contributed by atoms with Crippen molar-refractivity contribution >= 4 is 41.0 Å². The van der Waals surface area contributed by atoms with E-state index in [2.05, 4.69) is 5.32 Å². The Bertz CT molecular complexity index is 547. The molecule has 1 aromatic rings. The van der Waals surface area contributed by atoms with Gasteiger partial charge in [-0.3, -0.25) is 9.59 Å². The number of benzene rings is 1. The molecular formula is C12H11Cl2NO5. The van der Waals surface area contributed by atoms with E-state index in [-0.39, 0.29) is 28.5 Å². The van der Waals surface area contributed by atoms with Crippen LogP contribution in [0.2, 0.25) is 10.0 Å². The summed E-state index contributed by atoms with van der Waals surface area (Å²) in [6.07, 6.45) is -0.573. The largest absolute Gasteiger partial charge is 0.481 e. The van der Waals surface area contributed by atoms with Crippen LogP contribution in [-0.4, -0.2) is 34.1 Å². The highest BCUT2D eigenvalue weighted by atomic mass is 35.5. The molecule has 0 bridgehead atoms. The number of carbonyl (C=O) groups excluding carboxylic acids is 1. The summed E-state index contributed by atoms with van der Waals surface area (Å²) in [6.45, 7) is 0. The summed E-state index contributed by atoms with van der Waals surface area (Å²) in [6, 6.07) is 2.81. The maximum atomic E-state index is 11.8. The minimum absolute atomic E-state index is 0.140. The summed E-state index contributed by atoms with van der Waals surface area (Å²) in [7, 11) is 0. The molecule has 1 rings (SSSR count). The number of amides is 1. The van der Waals surface area contributed by atoms with E-state index in [0.29, 0.717) is 0 Å². The molecule has 1 amide bonds. The molecule has 0 heterocycles. The van der Waals surface area contributed by atoms with E-state index in [1.165, 1.54) is 18.2 Å². The lowest BCUT2D eigenvalue weighted by atomic mass is 10.1. The second-order valence-electron chi connectivity index (χ2n) is 3.93. The molecule has 0 aliphatic rings. The Balaban J connectivity index is 2.77. The zero-order chi connectivity index (χ0) is 15.3. The number of carboxylic acid groups (broad SMARTS) is 2. The molecule has 0 fully saturated rings. The van der Waals surface area contributed by atoms with Gasteiger partial charge in [0.2, 0.25) is 0 Å². The number of halogens is 2. The maximum Gasteiger partial charge on any atom is 0.326 e. The number of aliphatic carboxylic acids is 2. The first-order chi connectivity index (χ1) is 9.31. The number of hydrogen-bond acceptors (Lipinski definition) is 3. The number of hydrogen-bond donors (Lipinski definition) is 3. The molecule has 6 nitrogen and oxygen atoms in total. The van der Waals surface area contributed by atoms with Crippen LogP contribution in [0.4, 0.5) is 0 Å². The average molecular weight is 320 g/mol. The van der Waals surface area contributed by atoms with Gasteiger partial charge in [-0.1, -0.05) is 23.2 Å². The SMILES string of the molecule is O=C(O)CC[C@H](NC(=O)c1ccc(Cl)c(Cl)c1)C(=O)O. The number of rotatable bonds is 6. The minimum Gasteiger partial charge on any atom is -0.481 e. The predicted molar refractivity (Wildman–Crippen MR) is 72.2 cm³/mol. The third kappa shape index (κ3) is 4.71. The fourth-order valence-electron chi connectivity index (χ4n) is 1.40. The number of carbonyl (C=O) groups is 3. The highest BCUT2D eigenvalue weighted by Crippen LogP contribution is 2.22. The van der Waals surface area contributed by atoms with Gasteiger partial charge in [-0.2, -0.15) is 0 Å². The molecule has 0 radical (unpaired) electrons. The van der Waals surface area contributed by atoms with Crippen LogP contribution >= 0.6 is 23.2 Å². The van der Waals surface area contributed by atoms with E-state index in [1.54, 1.807) is 0 Å². The molecule has 1 atom stereocenters. The number of nitrogens with one attached hydrogen (secondary N) is 1. The van der Waals surface area contributed by atoms with Gasteiger partial charge >= 0.3 is 11.9 Å². The zero-order valence-electron chi connectivity index (χ0n) is 10.1. The minimum atomic E-state index is -1.31. The van der Waals surface area contributed by atoms with Crippen molar-refractivity contribution in [3.8, 4) is 0 Å². The first-order valence-electron chi connectivity index (χ1n) is 5.51. The topological polar surface area (TPSA) is 104 Å². The standard InChI is InChI=1S/C12H11Cl2NO5/c13-7-2-1-6(5-8(7)14)11(18)15-9(12(19)20)3-4-10(16)17/h1-2,5,9H,3-4H2,(H,15,18)(H,16,17)(H,19,20)/t9-/m0/s1. The van der Waals surface area contributed by atoms with Crippen LogP contribution in [0.15, 0.2) is 18.2 Å². The van der Waals surface area contributed by atoms with Crippen molar-refractivity contribution < 1.29 is 24.6 Å². The summed E-state index contributed by atoms with van der Waals surface area (Å²) in [5, 5.41) is 20.1. The third-order valence-corrected chi connectivity index (χ3v) is 3.17. The Morgan fingerprint density at radius 3 is 2.30 bits per heavy atom. The molecule has 108 valence electrons. The Hall–Kier alpha value is -1.79. The zero-order valence-corrected chi connectivity index (χ0v) is 11.6. The monoisotopic (exact) mass is 319 g/mol. The Morgan fingerprint density at radius 2 is 1.80 bits per heavy atom. The van der Waals surface area contributed by atoms with Gasteiger partial charge in [-0.25, -0.2) is 4.79 Å². The lowest BCUT2D eigenvalue weighted by Crippen LogP contribution is -2.41. The Labute approximate surface area is 124 Å². The summed E-state index contributed by atoms with van der Waals surface area (Å²) in [5.74, 6) is -3.11. The van der Waals surface area contributed by atoms with Crippen LogP contribution in [0.5, 0.6) is 0 Å². The van der Waals surface area contributed by atoms with Crippen molar-refractivity contribution in [2.75, 3.05) is 0 Å². The summed E-state index contributed by atoms with van der Waals surface area (Å²) < 4.78 is 0. The predicted octanol–water partition coefficient (Wildman–Crippen LogP) is 2.04. The van der Waals surface area contributed by atoms with E-state index in [0.717, 1.165) is 0 Å². The second-order valence-corrected chi connectivity index (χ2v) is 4.74. The molecule has 0 saturated heterocycles. The average Bonchev–Trinajstić information content (AvgIpc) is 2.36. The fraction of sp³-hybridized carbons (Fsp3) is 0.250. The highest BCUT2D eigenvalue weighted by molar-refractivity contribution is 6.42. The molecule has 20 heavy (non-hydrogen) atoms. The molecular weight excluding hydrogens is 309 g/mol. The molecule has 0 unspecified atom stereocenters. The van der Waals surface area contributed by atoms with E-state index in [4.69, 9.17) is 33.4 Å². The second kappa shape index (κ2) is 7.12. The molecule has 0 aliphatic heterocycles. The maximum absolute atomic E-state index is 11.8. The third-order valence-electron chi connectivity index (χ3n) is 2.43. The van der Waals surface area contributed by atoms with Crippen LogP contribution in [0, 0.1) is 0 Å². The van der Waals surface area contributed by atoms with Crippen molar-refractivity contribution in [3.63, 3.8) is 0 Å². The summed E-state index contributed by atoms with van der Waals surface area (Å²) in [4.78, 5) is 33.2. The molecule has 0 saturated carbocycles. The van der Waals surface area contributed by atoms with Crippen molar-refractivity contribution in [2.24, 2.45) is 0 Å². The fourth-order valence-corrected chi connectivity index (χ4v) is 1.70. The molecule has 0 aliphatic carbocycles. The van der Waals surface area contributed by atoms with E-state index < -0.39 is 23.9 Å². The first kappa shape index (κ1) is 16.3. The molecule has 3 N–H and O–H groups in total. The van der Waals surface area contributed by atoms with Gasteiger partial charge in [0.05, 0.1) is 10.0 Å². The van der Waals surface area contributed by atoms with Crippen molar-refractivity contribution in [1.82, 2.24) is 5.32 Å². The number of carboxylic acids is 2. The van der Waals surface area contributed by atoms with Crippen LogP contribution < -0.4 is 5.32 Å². The first-order valence-corrected chi connectivity index (χ1v) is 6.27. The smallest absolute Gasteiger partial charge is 0.326 e. The molecule has 8 heteroatoms. The van der Waals surface area contributed by atoms with E-state index in [1.807, 2.05) is 0 Å². The van der Waals surface area contributed by atoms with Crippen molar-refractivity contribution in [3.05, 3.63) is 33.8 Å². The van der Waals surface area contributed by atoms with Gasteiger partial charge in [0.1, 0.15) is 6.04 Å². The van der Waals surface area contributed by atoms with Gasteiger partial charge in [0, 0.05) is 12.0 Å². The van der Waals surface area contributed by atoms with Crippen molar-refractivity contribution in [2.45, 2.75) is 18.9 Å². The lowest BCUT2D eigenvalue weighted by Gasteiger charge is -2.13. The van der Waals surface area contributed by atoms with Crippen LogP contribution in [0.25, 0.3) is 0 Å². The highest BCUT2D eigenvalue weighted by Gasteiger charge is 2.21. The van der Waals surface area contributed by atoms with E-state index >= 15 is 0 Å². The quantitative estimate of drug-likeness (QED) is 0.744. The normalized spacial score (nSPS) is 11.7. The Morgan fingerprint density at radius 1 is 1.15 bits per heavy atom. The molecule has 1 aromatic carbocycles. The van der Waals surface area contributed by atoms with Crippen molar-refractivity contribution in [1.29, 1.82) is 0 Å². The molecule has 0 aromatic heterocycles. The summed E-state index contributed by atoms with van der Waals surface area (Å²) >= 11 is 11.5. The lowest BCUT2D eigenvalue weighted by molar-refractivity contribution is -0.140. The van der Waals surface area contributed by atoms with E-state index in [9.17, 15) is 14.4 Å². The summed E-state index contributed by atoms with van der Waals surface area (Å²) in [5.41, 5.74) is 0.140. The van der Waals surface area contributed by atoms with Crippen LogP contribution in [-0.2, 0) is 9.59 Å². The van der Waals surface area contributed by atoms with Gasteiger partial charge in [0.15, 0.2) is 0 Å². The van der Waals surface area contributed by atoms with Gasteiger partial charge in [-0.15, -0.1) is 0 Å². The van der Waals surface area contributed by atoms with Gasteiger partial charge in [-0.05, 0) is 24.6 Å². The Kier molecular flexibility index (Phi) is 5.79. The molecule has 0 spiro atoms. The van der Waals surface area contributed by atoms with Crippen LogP contribution in [0.3, 0.4) is 0 Å². The van der Waals surface area contributed by atoms with Crippen LogP contribution in [0.1, 0.15) is 23.2 Å².